The van der Waals surface area contributed by atoms with Gasteiger partial charge in [-0.15, -0.1) is 0 Å². The van der Waals surface area contributed by atoms with Gasteiger partial charge in [0.1, 0.15) is 6.33 Å². The third kappa shape index (κ3) is 1.59. The molecule has 0 saturated carbocycles. The van der Waals surface area contributed by atoms with Gasteiger partial charge in [0.15, 0.2) is 0 Å². The van der Waals surface area contributed by atoms with Gasteiger partial charge in [0.25, 0.3) is 0 Å². The summed E-state index contributed by atoms with van der Waals surface area (Å²) in [6.45, 7) is 0. The van der Waals surface area contributed by atoms with Crippen molar-refractivity contribution in [2.75, 3.05) is 0 Å². The SMILES string of the molecule is N#Cc1cccc(-c2cncnc2)c1. The van der Waals surface area contributed by atoms with Crippen molar-refractivity contribution in [3.63, 3.8) is 0 Å². The van der Waals surface area contributed by atoms with Gasteiger partial charge < -0.3 is 0 Å². The number of nitrogens with zero attached hydrogens (tertiary/aromatic N) is 3. The van der Waals surface area contributed by atoms with E-state index in [4.69, 9.17) is 5.26 Å². The molecule has 0 unspecified atom stereocenters. The lowest BCUT2D eigenvalue weighted by atomic mass is 10.1. The number of benzene rings is 1. The van der Waals surface area contributed by atoms with Crippen LogP contribution in [0, 0.1) is 11.3 Å². The summed E-state index contributed by atoms with van der Waals surface area (Å²) in [6, 6.07) is 9.46. The minimum atomic E-state index is 0.645. The van der Waals surface area contributed by atoms with Gasteiger partial charge >= 0.3 is 0 Å². The van der Waals surface area contributed by atoms with Crippen LogP contribution in [0.25, 0.3) is 11.1 Å². The lowest BCUT2D eigenvalue weighted by molar-refractivity contribution is 1.17. The predicted molar refractivity (Wildman–Crippen MR) is 52.2 cm³/mol. The molecule has 1 aromatic heterocycles. The molecule has 0 fully saturated rings. The molecule has 0 bridgehead atoms. The van der Waals surface area contributed by atoms with Gasteiger partial charge in [0.05, 0.1) is 11.6 Å². The van der Waals surface area contributed by atoms with E-state index in [1.54, 1.807) is 18.5 Å². The first-order chi connectivity index (χ1) is 6.90. The molecule has 66 valence electrons. The van der Waals surface area contributed by atoms with E-state index >= 15 is 0 Å². The van der Waals surface area contributed by atoms with Gasteiger partial charge in [0, 0.05) is 18.0 Å². The van der Waals surface area contributed by atoms with Gasteiger partial charge in [0.2, 0.25) is 0 Å². The van der Waals surface area contributed by atoms with Crippen LogP contribution in [0.2, 0.25) is 0 Å². The van der Waals surface area contributed by atoms with E-state index in [0.717, 1.165) is 11.1 Å². The van der Waals surface area contributed by atoms with E-state index in [-0.39, 0.29) is 0 Å². The molecule has 14 heavy (non-hydrogen) atoms. The summed E-state index contributed by atoms with van der Waals surface area (Å²) < 4.78 is 0. The van der Waals surface area contributed by atoms with Crippen molar-refractivity contribution in [3.8, 4) is 17.2 Å². The Morgan fingerprint density at radius 2 is 1.86 bits per heavy atom. The van der Waals surface area contributed by atoms with Crippen molar-refractivity contribution in [1.29, 1.82) is 5.26 Å². The Morgan fingerprint density at radius 3 is 2.57 bits per heavy atom. The summed E-state index contributed by atoms with van der Waals surface area (Å²) in [4.78, 5) is 7.85. The highest BCUT2D eigenvalue weighted by Gasteiger charge is 1.98. The zero-order chi connectivity index (χ0) is 9.80. The van der Waals surface area contributed by atoms with Crippen LogP contribution in [-0.4, -0.2) is 9.97 Å². The monoisotopic (exact) mass is 181 g/mol. The third-order valence-electron chi connectivity index (χ3n) is 1.89. The van der Waals surface area contributed by atoms with Crippen molar-refractivity contribution < 1.29 is 0 Å². The van der Waals surface area contributed by atoms with E-state index in [9.17, 15) is 0 Å². The molecule has 0 aliphatic rings. The zero-order valence-electron chi connectivity index (χ0n) is 7.38. The van der Waals surface area contributed by atoms with E-state index in [1.165, 1.54) is 6.33 Å². The Labute approximate surface area is 81.7 Å². The van der Waals surface area contributed by atoms with Crippen LogP contribution in [0.3, 0.4) is 0 Å². The Kier molecular flexibility index (Phi) is 2.20. The fourth-order valence-electron chi connectivity index (χ4n) is 1.22. The molecule has 0 aliphatic carbocycles. The fourth-order valence-corrected chi connectivity index (χ4v) is 1.22. The predicted octanol–water partition coefficient (Wildman–Crippen LogP) is 2.02. The van der Waals surface area contributed by atoms with Crippen LogP contribution in [0.5, 0.6) is 0 Å². The van der Waals surface area contributed by atoms with Crippen molar-refractivity contribution >= 4 is 0 Å². The number of nitriles is 1. The van der Waals surface area contributed by atoms with E-state index in [1.807, 2.05) is 18.2 Å². The van der Waals surface area contributed by atoms with Gasteiger partial charge in [-0.1, -0.05) is 12.1 Å². The molecule has 0 spiro atoms. The first-order valence-corrected chi connectivity index (χ1v) is 4.16. The molecule has 1 aromatic carbocycles. The molecule has 0 atom stereocenters. The average molecular weight is 181 g/mol. The smallest absolute Gasteiger partial charge is 0.115 e. The summed E-state index contributed by atoms with van der Waals surface area (Å²) in [5.41, 5.74) is 2.53. The summed E-state index contributed by atoms with van der Waals surface area (Å²) in [7, 11) is 0. The summed E-state index contributed by atoms with van der Waals surface area (Å²) in [5.74, 6) is 0. The van der Waals surface area contributed by atoms with Crippen molar-refractivity contribution in [2.24, 2.45) is 0 Å². The lowest BCUT2D eigenvalue weighted by Crippen LogP contribution is -1.82. The highest BCUT2D eigenvalue weighted by Crippen LogP contribution is 2.17. The molecule has 2 rings (SSSR count). The largest absolute Gasteiger partial charge is 0.244 e. The van der Waals surface area contributed by atoms with Crippen LogP contribution in [0.4, 0.5) is 0 Å². The third-order valence-corrected chi connectivity index (χ3v) is 1.89. The zero-order valence-corrected chi connectivity index (χ0v) is 7.38. The second-order valence-electron chi connectivity index (χ2n) is 2.82. The van der Waals surface area contributed by atoms with Gasteiger partial charge in [-0.25, -0.2) is 9.97 Å². The van der Waals surface area contributed by atoms with Crippen molar-refractivity contribution in [3.05, 3.63) is 48.5 Å². The first-order valence-electron chi connectivity index (χ1n) is 4.16. The molecule has 0 N–H and O–H groups in total. The molecule has 3 heteroatoms. The molecule has 0 amide bonds. The highest BCUT2D eigenvalue weighted by atomic mass is 14.8. The van der Waals surface area contributed by atoms with Crippen LogP contribution in [-0.2, 0) is 0 Å². The van der Waals surface area contributed by atoms with Gasteiger partial charge in [-0.05, 0) is 17.7 Å². The maximum Gasteiger partial charge on any atom is 0.115 e. The minimum absolute atomic E-state index is 0.645. The standard InChI is InChI=1S/C11H7N3/c12-5-9-2-1-3-10(4-9)11-6-13-8-14-7-11/h1-4,6-8H. The van der Waals surface area contributed by atoms with E-state index in [2.05, 4.69) is 16.0 Å². The quantitative estimate of drug-likeness (QED) is 0.676. The maximum atomic E-state index is 8.73. The Hall–Kier alpha value is -2.21. The second-order valence-corrected chi connectivity index (χ2v) is 2.82. The molecular weight excluding hydrogens is 174 g/mol. The van der Waals surface area contributed by atoms with Crippen LogP contribution in [0.1, 0.15) is 5.56 Å². The Balaban J connectivity index is 2.49. The van der Waals surface area contributed by atoms with Crippen molar-refractivity contribution in [2.45, 2.75) is 0 Å². The maximum absolute atomic E-state index is 8.73. The topological polar surface area (TPSA) is 49.6 Å². The lowest BCUT2D eigenvalue weighted by Gasteiger charge is -1.99. The van der Waals surface area contributed by atoms with Gasteiger partial charge in [-0.3, -0.25) is 0 Å². The van der Waals surface area contributed by atoms with E-state index in [0.29, 0.717) is 5.56 Å². The number of hydrogen-bond donors (Lipinski definition) is 0. The van der Waals surface area contributed by atoms with Crippen molar-refractivity contribution in [1.82, 2.24) is 9.97 Å². The molecule has 0 radical (unpaired) electrons. The molecule has 2 aromatic rings. The second kappa shape index (κ2) is 3.67. The number of rotatable bonds is 1. The highest BCUT2D eigenvalue weighted by molar-refractivity contribution is 5.63. The normalized spacial score (nSPS) is 9.36. The summed E-state index contributed by atoms with van der Waals surface area (Å²) >= 11 is 0. The fraction of sp³-hybridized carbons (Fsp3) is 0. The number of hydrogen-bond acceptors (Lipinski definition) is 3. The minimum Gasteiger partial charge on any atom is -0.244 e. The molecular formula is C11H7N3. The summed E-state index contributed by atoms with van der Waals surface area (Å²) in [6.07, 6.45) is 4.94. The van der Waals surface area contributed by atoms with E-state index < -0.39 is 0 Å². The Morgan fingerprint density at radius 1 is 1.07 bits per heavy atom. The molecule has 3 nitrogen and oxygen atoms in total. The Bertz CT molecular complexity index is 471. The molecule has 0 saturated heterocycles. The molecule has 0 aliphatic heterocycles. The van der Waals surface area contributed by atoms with Gasteiger partial charge in [-0.2, -0.15) is 5.26 Å². The average Bonchev–Trinajstić information content (AvgIpc) is 2.30. The first kappa shape index (κ1) is 8.39. The molecule has 1 heterocycles. The van der Waals surface area contributed by atoms with Crippen LogP contribution < -0.4 is 0 Å². The number of aromatic nitrogens is 2. The van der Waals surface area contributed by atoms with Crippen LogP contribution in [0.15, 0.2) is 43.0 Å². The van der Waals surface area contributed by atoms with Crippen LogP contribution >= 0.6 is 0 Å². The summed E-state index contributed by atoms with van der Waals surface area (Å²) in [5, 5.41) is 8.73.